The van der Waals surface area contributed by atoms with Crippen molar-refractivity contribution in [2.75, 3.05) is 5.01 Å². The number of benzene rings is 2. The van der Waals surface area contributed by atoms with Crippen molar-refractivity contribution in [1.82, 2.24) is 5.43 Å². The molecule has 0 spiro atoms. The Labute approximate surface area is 126 Å². The number of nitro benzene ring substituents is 1. The van der Waals surface area contributed by atoms with Crippen molar-refractivity contribution >= 4 is 23.2 Å². The van der Waals surface area contributed by atoms with E-state index in [0.29, 0.717) is 11.3 Å². The number of rotatable bonds is 3. The lowest BCUT2D eigenvalue weighted by molar-refractivity contribution is -0.384. The van der Waals surface area contributed by atoms with Crippen LogP contribution in [0.25, 0.3) is 0 Å². The maximum atomic E-state index is 12.1. The van der Waals surface area contributed by atoms with Gasteiger partial charge in [-0.1, -0.05) is 18.2 Å². The lowest BCUT2D eigenvalue weighted by atomic mass is 10.2. The maximum Gasteiger partial charge on any atom is 0.270 e. The molecule has 2 aromatic carbocycles. The molecule has 0 aromatic heterocycles. The van der Waals surface area contributed by atoms with Gasteiger partial charge in [-0.3, -0.25) is 25.1 Å². The number of non-ortho nitro benzene ring substituents is 1. The zero-order valence-electron chi connectivity index (χ0n) is 11.7. The van der Waals surface area contributed by atoms with Gasteiger partial charge >= 0.3 is 0 Å². The monoisotopic (exact) mass is 299 g/mol. The third kappa shape index (κ3) is 3.45. The first-order valence-electron chi connectivity index (χ1n) is 6.40. The number of hydrogen-bond donors (Lipinski definition) is 1. The molecule has 0 saturated carbocycles. The number of hydrogen-bond acceptors (Lipinski definition) is 4. The summed E-state index contributed by atoms with van der Waals surface area (Å²) in [6, 6.07) is 13.7. The number of nitrogens with one attached hydrogen (secondary N) is 1. The molecule has 112 valence electrons. The summed E-state index contributed by atoms with van der Waals surface area (Å²) in [5.74, 6) is -0.868. The number of nitrogens with zero attached hydrogens (tertiary/aromatic N) is 2. The first kappa shape index (κ1) is 15.2. The maximum absolute atomic E-state index is 12.1. The standard InChI is InChI=1S/C15H13N3O4/c1-11(19)17(13-7-9-14(10-8-13)18(21)22)16-15(20)12-5-3-2-4-6-12/h2-10H,1H3,(H,16,20). The van der Waals surface area contributed by atoms with Crippen LogP contribution in [0.15, 0.2) is 54.6 Å². The van der Waals surface area contributed by atoms with Gasteiger partial charge in [-0.05, 0) is 24.3 Å². The molecular formula is C15H13N3O4. The van der Waals surface area contributed by atoms with Gasteiger partial charge in [0.25, 0.3) is 11.6 Å². The highest BCUT2D eigenvalue weighted by Gasteiger charge is 2.16. The Kier molecular flexibility index (Phi) is 4.47. The van der Waals surface area contributed by atoms with Gasteiger partial charge in [-0.15, -0.1) is 0 Å². The Balaban J connectivity index is 2.22. The number of hydrazine groups is 1. The van der Waals surface area contributed by atoms with Crippen molar-refractivity contribution in [2.45, 2.75) is 6.92 Å². The molecule has 0 aliphatic rings. The van der Waals surface area contributed by atoms with Crippen LogP contribution in [0.4, 0.5) is 11.4 Å². The fourth-order valence-corrected chi connectivity index (χ4v) is 1.80. The third-order valence-electron chi connectivity index (χ3n) is 2.88. The fraction of sp³-hybridized carbons (Fsp3) is 0.0667. The first-order chi connectivity index (χ1) is 10.5. The molecule has 0 unspecified atom stereocenters. The van der Waals surface area contributed by atoms with Crippen LogP contribution in [0.3, 0.4) is 0 Å². The zero-order valence-corrected chi connectivity index (χ0v) is 11.7. The Bertz CT molecular complexity index is 698. The molecule has 0 heterocycles. The summed E-state index contributed by atoms with van der Waals surface area (Å²) < 4.78 is 0. The SMILES string of the molecule is CC(=O)N(NC(=O)c1ccccc1)c1ccc([N+](=O)[O-])cc1. The van der Waals surface area contributed by atoms with Crippen LogP contribution in [-0.2, 0) is 4.79 Å². The minimum Gasteiger partial charge on any atom is -0.273 e. The highest BCUT2D eigenvalue weighted by atomic mass is 16.6. The second kappa shape index (κ2) is 6.49. The average molecular weight is 299 g/mol. The smallest absolute Gasteiger partial charge is 0.270 e. The molecule has 2 rings (SSSR count). The molecule has 0 atom stereocenters. The molecule has 1 N–H and O–H groups in total. The summed E-state index contributed by atoms with van der Waals surface area (Å²) in [6.45, 7) is 1.28. The van der Waals surface area contributed by atoms with Crippen LogP contribution in [0.2, 0.25) is 0 Å². The second-order valence-electron chi connectivity index (χ2n) is 4.43. The van der Waals surface area contributed by atoms with Crippen molar-refractivity contribution < 1.29 is 14.5 Å². The summed E-state index contributed by atoms with van der Waals surface area (Å²) in [4.78, 5) is 33.9. The van der Waals surface area contributed by atoms with Crippen molar-refractivity contribution in [3.8, 4) is 0 Å². The molecule has 7 nitrogen and oxygen atoms in total. The first-order valence-corrected chi connectivity index (χ1v) is 6.40. The third-order valence-corrected chi connectivity index (χ3v) is 2.88. The van der Waals surface area contributed by atoms with Crippen LogP contribution < -0.4 is 10.4 Å². The van der Waals surface area contributed by atoms with E-state index >= 15 is 0 Å². The largest absolute Gasteiger partial charge is 0.273 e. The predicted octanol–water partition coefficient (Wildman–Crippen LogP) is 2.29. The molecule has 0 radical (unpaired) electrons. The molecule has 0 aliphatic heterocycles. The lowest BCUT2D eigenvalue weighted by Crippen LogP contribution is -2.45. The van der Waals surface area contributed by atoms with E-state index in [9.17, 15) is 19.7 Å². The number of amides is 2. The highest BCUT2D eigenvalue weighted by molar-refractivity contribution is 6.00. The van der Waals surface area contributed by atoms with Crippen LogP contribution in [0, 0.1) is 10.1 Å². The van der Waals surface area contributed by atoms with Gasteiger partial charge in [-0.2, -0.15) is 0 Å². The molecule has 7 heteroatoms. The van der Waals surface area contributed by atoms with Crippen molar-refractivity contribution in [2.24, 2.45) is 0 Å². The van der Waals surface area contributed by atoms with Crippen LogP contribution in [-0.4, -0.2) is 16.7 Å². The molecule has 0 fully saturated rings. The molecule has 2 aromatic rings. The molecular weight excluding hydrogens is 286 g/mol. The van der Waals surface area contributed by atoms with E-state index < -0.39 is 16.7 Å². The van der Waals surface area contributed by atoms with Crippen molar-refractivity contribution in [1.29, 1.82) is 0 Å². The summed E-state index contributed by atoms with van der Waals surface area (Å²) in [7, 11) is 0. The van der Waals surface area contributed by atoms with Gasteiger partial charge in [0.05, 0.1) is 10.6 Å². The van der Waals surface area contributed by atoms with Gasteiger partial charge < -0.3 is 0 Å². The van der Waals surface area contributed by atoms with Gasteiger partial charge in [0.15, 0.2) is 0 Å². The van der Waals surface area contributed by atoms with E-state index in [0.717, 1.165) is 5.01 Å². The molecule has 0 bridgehead atoms. The normalized spacial score (nSPS) is 9.86. The molecule has 0 saturated heterocycles. The van der Waals surface area contributed by atoms with E-state index in [1.54, 1.807) is 30.3 Å². The van der Waals surface area contributed by atoms with Crippen LogP contribution in [0.5, 0.6) is 0 Å². The highest BCUT2D eigenvalue weighted by Crippen LogP contribution is 2.18. The summed E-state index contributed by atoms with van der Waals surface area (Å²) >= 11 is 0. The molecule has 0 aliphatic carbocycles. The average Bonchev–Trinajstić information content (AvgIpc) is 2.53. The van der Waals surface area contributed by atoms with Gasteiger partial charge in [0.2, 0.25) is 5.91 Å². The number of nitro groups is 1. The molecule has 22 heavy (non-hydrogen) atoms. The fourth-order valence-electron chi connectivity index (χ4n) is 1.80. The predicted molar refractivity (Wildman–Crippen MR) is 80.2 cm³/mol. The Morgan fingerprint density at radius 3 is 2.14 bits per heavy atom. The zero-order chi connectivity index (χ0) is 16.1. The number of carbonyl (C=O) groups is 2. The Hall–Kier alpha value is -3.22. The summed E-state index contributed by atoms with van der Waals surface area (Å²) in [5, 5.41) is 11.7. The minimum atomic E-state index is -0.537. The van der Waals surface area contributed by atoms with Crippen molar-refractivity contribution in [3.05, 3.63) is 70.3 Å². The quantitative estimate of drug-likeness (QED) is 0.695. The van der Waals surface area contributed by atoms with E-state index in [4.69, 9.17) is 0 Å². The topological polar surface area (TPSA) is 92.6 Å². The van der Waals surface area contributed by atoms with Crippen molar-refractivity contribution in [3.63, 3.8) is 0 Å². The van der Waals surface area contributed by atoms with Crippen LogP contribution >= 0.6 is 0 Å². The summed E-state index contributed by atoms with van der Waals surface area (Å²) in [6.07, 6.45) is 0. The molecule has 2 amide bonds. The van der Waals surface area contributed by atoms with Gasteiger partial charge in [0.1, 0.15) is 0 Å². The number of carbonyl (C=O) groups excluding carboxylic acids is 2. The number of anilines is 1. The summed E-state index contributed by atoms with van der Waals surface area (Å²) in [5.41, 5.74) is 3.11. The van der Waals surface area contributed by atoms with E-state index in [-0.39, 0.29) is 5.69 Å². The second-order valence-corrected chi connectivity index (χ2v) is 4.43. The van der Waals surface area contributed by atoms with E-state index in [1.807, 2.05) is 0 Å². The van der Waals surface area contributed by atoms with E-state index in [2.05, 4.69) is 5.43 Å². The van der Waals surface area contributed by atoms with Gasteiger partial charge in [-0.25, -0.2) is 5.01 Å². The van der Waals surface area contributed by atoms with E-state index in [1.165, 1.54) is 31.2 Å². The Morgan fingerprint density at radius 2 is 1.64 bits per heavy atom. The van der Waals surface area contributed by atoms with Gasteiger partial charge in [0, 0.05) is 24.6 Å². The minimum absolute atomic E-state index is 0.0957. The lowest BCUT2D eigenvalue weighted by Gasteiger charge is -2.21. The Morgan fingerprint density at radius 1 is 1.05 bits per heavy atom. The van der Waals surface area contributed by atoms with Crippen LogP contribution in [0.1, 0.15) is 17.3 Å².